The summed E-state index contributed by atoms with van der Waals surface area (Å²) in [5, 5.41) is 9.68. The highest BCUT2D eigenvalue weighted by Gasteiger charge is 2.26. The van der Waals surface area contributed by atoms with Gasteiger partial charge in [0.1, 0.15) is 5.52 Å². The van der Waals surface area contributed by atoms with Gasteiger partial charge in [-0.1, -0.05) is 24.3 Å². The Kier molecular flexibility index (Phi) is 4.53. The minimum Gasteiger partial charge on any atom is -0.436 e. The van der Waals surface area contributed by atoms with Gasteiger partial charge < -0.3 is 20.0 Å². The quantitative estimate of drug-likeness (QED) is 0.763. The third kappa shape index (κ3) is 3.58. The molecular formula is C20H22N2O3. The monoisotopic (exact) mass is 338 g/mol. The molecule has 1 aliphatic rings. The van der Waals surface area contributed by atoms with Crippen molar-refractivity contribution in [2.75, 3.05) is 0 Å². The zero-order chi connectivity index (χ0) is 17.2. The largest absolute Gasteiger partial charge is 0.436 e. The molecule has 25 heavy (non-hydrogen) atoms. The van der Waals surface area contributed by atoms with Crippen LogP contribution in [-0.2, 0) is 11.3 Å². The van der Waals surface area contributed by atoms with E-state index < -0.39 is 6.10 Å². The van der Waals surface area contributed by atoms with Crippen LogP contribution < -0.4 is 5.73 Å². The van der Waals surface area contributed by atoms with E-state index in [0.717, 1.165) is 28.6 Å². The molecule has 0 amide bonds. The molecule has 5 nitrogen and oxygen atoms in total. The molecule has 3 aromatic rings. The first kappa shape index (κ1) is 16.3. The predicted molar refractivity (Wildman–Crippen MR) is 95.9 cm³/mol. The maximum absolute atomic E-state index is 9.68. The van der Waals surface area contributed by atoms with Gasteiger partial charge in [-0.05, 0) is 49.1 Å². The van der Waals surface area contributed by atoms with E-state index in [2.05, 4.69) is 4.98 Å². The standard InChI is InChI=1S/C20H22N2O3/c21-16-11-15(9-10-18(16)23)24-12-13-5-7-14(8-6-13)20-22-17-3-1-2-4-19(17)25-20/h1-8,15-16,18,23H,9-12,21H2. The maximum Gasteiger partial charge on any atom is 0.227 e. The molecule has 0 spiro atoms. The molecular weight excluding hydrogens is 316 g/mol. The Morgan fingerprint density at radius 2 is 1.92 bits per heavy atom. The summed E-state index contributed by atoms with van der Waals surface area (Å²) in [7, 11) is 0. The molecule has 130 valence electrons. The summed E-state index contributed by atoms with van der Waals surface area (Å²) in [6, 6.07) is 15.6. The summed E-state index contributed by atoms with van der Waals surface area (Å²) in [6.07, 6.45) is 2.01. The second-order valence-electron chi connectivity index (χ2n) is 6.66. The lowest BCUT2D eigenvalue weighted by atomic mass is 9.91. The number of para-hydroxylation sites is 2. The molecule has 5 heteroatoms. The number of rotatable bonds is 4. The van der Waals surface area contributed by atoms with E-state index in [-0.39, 0.29) is 12.1 Å². The van der Waals surface area contributed by atoms with Gasteiger partial charge in [-0.15, -0.1) is 0 Å². The summed E-state index contributed by atoms with van der Waals surface area (Å²) in [5.41, 5.74) is 9.60. The van der Waals surface area contributed by atoms with E-state index in [1.807, 2.05) is 48.5 Å². The summed E-state index contributed by atoms with van der Waals surface area (Å²) >= 11 is 0. The highest BCUT2D eigenvalue weighted by Crippen LogP contribution is 2.25. The molecule has 2 aromatic carbocycles. The number of aliphatic hydroxyl groups excluding tert-OH is 1. The van der Waals surface area contributed by atoms with Crippen LogP contribution in [0.25, 0.3) is 22.6 Å². The number of aliphatic hydroxyl groups is 1. The molecule has 1 aliphatic carbocycles. The van der Waals surface area contributed by atoms with Crippen molar-refractivity contribution in [3.63, 3.8) is 0 Å². The summed E-state index contributed by atoms with van der Waals surface area (Å²) in [4.78, 5) is 4.51. The third-order valence-corrected chi connectivity index (χ3v) is 4.79. The first-order chi connectivity index (χ1) is 12.2. The van der Waals surface area contributed by atoms with E-state index in [9.17, 15) is 5.11 Å². The van der Waals surface area contributed by atoms with Gasteiger partial charge in [0.2, 0.25) is 5.89 Å². The number of hydrogen-bond acceptors (Lipinski definition) is 5. The molecule has 4 rings (SSSR count). The Bertz CT molecular complexity index is 811. The van der Waals surface area contributed by atoms with Crippen molar-refractivity contribution in [2.45, 2.75) is 44.1 Å². The van der Waals surface area contributed by atoms with E-state index in [1.54, 1.807) is 0 Å². The van der Waals surface area contributed by atoms with Gasteiger partial charge in [-0.3, -0.25) is 0 Å². The van der Waals surface area contributed by atoms with Crippen LogP contribution in [-0.4, -0.2) is 28.3 Å². The zero-order valence-corrected chi connectivity index (χ0v) is 14.0. The van der Waals surface area contributed by atoms with E-state index in [0.29, 0.717) is 25.3 Å². The molecule has 1 aromatic heterocycles. The van der Waals surface area contributed by atoms with Gasteiger partial charge in [0, 0.05) is 11.6 Å². The Morgan fingerprint density at radius 3 is 2.68 bits per heavy atom. The number of benzene rings is 2. The second-order valence-corrected chi connectivity index (χ2v) is 6.66. The van der Waals surface area contributed by atoms with Crippen molar-refractivity contribution in [1.82, 2.24) is 4.98 Å². The molecule has 1 fully saturated rings. The van der Waals surface area contributed by atoms with Crippen LogP contribution in [0.1, 0.15) is 24.8 Å². The van der Waals surface area contributed by atoms with Gasteiger partial charge in [0.25, 0.3) is 0 Å². The van der Waals surface area contributed by atoms with E-state index in [4.69, 9.17) is 14.9 Å². The van der Waals surface area contributed by atoms with Crippen LogP contribution in [0.4, 0.5) is 0 Å². The van der Waals surface area contributed by atoms with Crippen LogP contribution >= 0.6 is 0 Å². The molecule has 0 radical (unpaired) electrons. The van der Waals surface area contributed by atoms with Crippen molar-refractivity contribution in [3.05, 3.63) is 54.1 Å². The van der Waals surface area contributed by atoms with Crippen LogP contribution in [0.2, 0.25) is 0 Å². The molecule has 0 aliphatic heterocycles. The van der Waals surface area contributed by atoms with E-state index >= 15 is 0 Å². The molecule has 1 saturated carbocycles. The van der Waals surface area contributed by atoms with Crippen LogP contribution in [0.5, 0.6) is 0 Å². The lowest BCUT2D eigenvalue weighted by molar-refractivity contribution is -0.0208. The van der Waals surface area contributed by atoms with Crippen molar-refractivity contribution in [3.8, 4) is 11.5 Å². The summed E-state index contributed by atoms with van der Waals surface area (Å²) < 4.78 is 11.7. The Morgan fingerprint density at radius 1 is 1.12 bits per heavy atom. The smallest absolute Gasteiger partial charge is 0.227 e. The maximum atomic E-state index is 9.68. The first-order valence-electron chi connectivity index (χ1n) is 8.69. The fraction of sp³-hybridized carbons (Fsp3) is 0.350. The molecule has 0 bridgehead atoms. The number of nitrogens with zero attached hydrogens (tertiary/aromatic N) is 1. The van der Waals surface area contributed by atoms with Crippen molar-refractivity contribution < 1.29 is 14.3 Å². The van der Waals surface area contributed by atoms with Crippen molar-refractivity contribution in [1.29, 1.82) is 0 Å². The lowest BCUT2D eigenvalue weighted by Gasteiger charge is -2.30. The highest BCUT2D eigenvalue weighted by molar-refractivity contribution is 5.75. The first-order valence-corrected chi connectivity index (χ1v) is 8.69. The average molecular weight is 338 g/mol. The van der Waals surface area contributed by atoms with E-state index in [1.165, 1.54) is 0 Å². The number of hydrogen-bond donors (Lipinski definition) is 2. The zero-order valence-electron chi connectivity index (χ0n) is 14.0. The molecule has 0 saturated heterocycles. The van der Waals surface area contributed by atoms with Gasteiger partial charge in [-0.25, -0.2) is 4.98 Å². The SMILES string of the molecule is NC1CC(OCc2ccc(-c3nc4ccccc4o3)cc2)CCC1O. The number of fused-ring (bicyclic) bond motifs is 1. The predicted octanol–water partition coefficient (Wildman–Crippen LogP) is 3.25. The van der Waals surface area contributed by atoms with Gasteiger partial charge in [0.05, 0.1) is 18.8 Å². The number of ether oxygens (including phenoxy) is 1. The van der Waals surface area contributed by atoms with Gasteiger partial charge in [0.15, 0.2) is 5.58 Å². The second kappa shape index (κ2) is 6.96. The fourth-order valence-corrected chi connectivity index (χ4v) is 3.25. The van der Waals surface area contributed by atoms with Crippen molar-refractivity contribution in [2.24, 2.45) is 5.73 Å². The fourth-order valence-electron chi connectivity index (χ4n) is 3.25. The number of oxazole rings is 1. The minimum atomic E-state index is -0.393. The molecule has 3 atom stereocenters. The number of aromatic nitrogens is 1. The molecule has 3 N–H and O–H groups in total. The van der Waals surface area contributed by atoms with Crippen LogP contribution in [0.15, 0.2) is 52.9 Å². The normalized spacial score (nSPS) is 23.8. The topological polar surface area (TPSA) is 81.5 Å². The van der Waals surface area contributed by atoms with Gasteiger partial charge in [-0.2, -0.15) is 0 Å². The van der Waals surface area contributed by atoms with Crippen molar-refractivity contribution >= 4 is 11.1 Å². The molecule has 1 heterocycles. The lowest BCUT2D eigenvalue weighted by Crippen LogP contribution is -2.42. The average Bonchev–Trinajstić information content (AvgIpc) is 3.07. The van der Waals surface area contributed by atoms with Crippen LogP contribution in [0, 0.1) is 0 Å². The highest BCUT2D eigenvalue weighted by atomic mass is 16.5. The summed E-state index contributed by atoms with van der Waals surface area (Å²) in [5.74, 6) is 0.626. The minimum absolute atomic E-state index is 0.120. The van der Waals surface area contributed by atoms with Crippen LogP contribution in [0.3, 0.4) is 0 Å². The summed E-state index contributed by atoms with van der Waals surface area (Å²) in [6.45, 7) is 0.543. The Labute approximate surface area is 146 Å². The number of nitrogens with two attached hydrogens (primary N) is 1. The third-order valence-electron chi connectivity index (χ3n) is 4.79. The Hall–Kier alpha value is -2.21. The van der Waals surface area contributed by atoms with Gasteiger partial charge >= 0.3 is 0 Å². The molecule has 3 unspecified atom stereocenters. The Balaban J connectivity index is 1.40.